The number of ether oxygens (including phenoxy) is 2. The van der Waals surface area contributed by atoms with Crippen LogP contribution in [0, 0.1) is 0 Å². The van der Waals surface area contributed by atoms with E-state index in [9.17, 15) is 0 Å². The smallest absolute Gasteiger partial charge is 0.229 e. The van der Waals surface area contributed by atoms with Gasteiger partial charge in [-0.3, -0.25) is 14.6 Å². The Labute approximate surface area is 254 Å². The highest BCUT2D eigenvalue weighted by molar-refractivity contribution is 9.10. The van der Waals surface area contributed by atoms with Gasteiger partial charge in [-0.2, -0.15) is 10.1 Å². The third-order valence-electron chi connectivity index (χ3n) is 7.35. The molecule has 6 rings (SSSR count). The Balaban J connectivity index is 1.37. The Morgan fingerprint density at radius 2 is 1.83 bits per heavy atom. The minimum Gasteiger partial charge on any atom is -0.495 e. The van der Waals surface area contributed by atoms with Gasteiger partial charge in [-0.1, -0.05) is 7.92 Å². The van der Waals surface area contributed by atoms with Crippen LogP contribution in [-0.2, 0) is 11.8 Å². The molecule has 0 atom stereocenters. The average molecular weight is 648 g/mol. The number of halogens is 1. The van der Waals surface area contributed by atoms with Crippen molar-refractivity contribution in [1.29, 1.82) is 0 Å². The molecule has 12 heteroatoms. The molecule has 4 heterocycles. The van der Waals surface area contributed by atoms with Gasteiger partial charge in [-0.05, 0) is 83.4 Å². The van der Waals surface area contributed by atoms with E-state index in [0.717, 1.165) is 75.1 Å². The Morgan fingerprint density at radius 1 is 1.02 bits per heavy atom. The van der Waals surface area contributed by atoms with Gasteiger partial charge in [0.05, 0.1) is 34.5 Å². The first-order valence-corrected chi connectivity index (χ1v) is 16.7. The molecule has 216 valence electrons. The molecule has 10 nitrogen and oxygen atoms in total. The fourth-order valence-corrected chi connectivity index (χ4v) is 6.86. The van der Waals surface area contributed by atoms with E-state index >= 15 is 0 Å². The third kappa shape index (κ3) is 5.82. The number of rotatable bonds is 8. The van der Waals surface area contributed by atoms with Crippen molar-refractivity contribution < 1.29 is 9.47 Å². The van der Waals surface area contributed by atoms with Gasteiger partial charge in [0.1, 0.15) is 11.6 Å². The van der Waals surface area contributed by atoms with Crippen LogP contribution >= 0.6 is 23.9 Å². The van der Waals surface area contributed by atoms with Crippen molar-refractivity contribution in [2.45, 2.75) is 18.8 Å². The van der Waals surface area contributed by atoms with Crippen LogP contribution in [0.2, 0.25) is 0 Å². The molecule has 3 aromatic heterocycles. The van der Waals surface area contributed by atoms with E-state index in [1.54, 1.807) is 25.7 Å². The molecule has 0 saturated carbocycles. The predicted molar refractivity (Wildman–Crippen MR) is 172 cm³/mol. The SMILES string of the molecule is COc1cc(C2CCOCC2)c(-c2cnn(C)c2)cc1Nc1ncc(Br)c(Nc2ccc3nccnc3c2P(C)C)n1. The van der Waals surface area contributed by atoms with E-state index in [2.05, 4.69) is 72.1 Å². The van der Waals surface area contributed by atoms with Crippen molar-refractivity contribution in [3.63, 3.8) is 0 Å². The first-order valence-electron chi connectivity index (χ1n) is 13.7. The summed E-state index contributed by atoms with van der Waals surface area (Å²) in [5.74, 6) is 2.18. The third-order valence-corrected chi connectivity index (χ3v) is 9.28. The van der Waals surface area contributed by atoms with E-state index in [1.807, 2.05) is 36.3 Å². The molecule has 1 fully saturated rings. The molecule has 0 unspecified atom stereocenters. The molecule has 5 aromatic rings. The number of aromatic nitrogens is 6. The molecule has 0 aliphatic carbocycles. The number of nitrogens with zero attached hydrogens (tertiary/aromatic N) is 6. The fourth-order valence-electron chi connectivity index (χ4n) is 5.36. The molecule has 2 aromatic carbocycles. The number of benzene rings is 2. The first-order chi connectivity index (χ1) is 20.4. The van der Waals surface area contributed by atoms with Crippen LogP contribution in [0.4, 0.5) is 23.1 Å². The quantitative estimate of drug-likeness (QED) is 0.187. The Morgan fingerprint density at radius 3 is 2.57 bits per heavy atom. The number of hydrogen-bond donors (Lipinski definition) is 2. The molecule has 0 amide bonds. The second-order valence-corrected chi connectivity index (χ2v) is 13.4. The second-order valence-electron chi connectivity index (χ2n) is 10.3. The van der Waals surface area contributed by atoms with Crippen LogP contribution in [0.15, 0.2) is 59.7 Å². The highest BCUT2D eigenvalue weighted by Gasteiger charge is 2.23. The number of anilines is 4. The molecular weight excluding hydrogens is 615 g/mol. The van der Waals surface area contributed by atoms with Crippen molar-refractivity contribution >= 4 is 63.3 Å². The maximum Gasteiger partial charge on any atom is 0.229 e. The first kappa shape index (κ1) is 28.5. The van der Waals surface area contributed by atoms with Gasteiger partial charge in [-0.15, -0.1) is 0 Å². The van der Waals surface area contributed by atoms with Crippen LogP contribution in [0.3, 0.4) is 0 Å². The highest BCUT2D eigenvalue weighted by atomic mass is 79.9. The lowest BCUT2D eigenvalue weighted by atomic mass is 9.86. The fraction of sp³-hybridized carbons (Fsp3) is 0.300. The molecule has 42 heavy (non-hydrogen) atoms. The molecule has 0 bridgehead atoms. The van der Waals surface area contributed by atoms with Crippen LogP contribution in [-0.4, -0.2) is 63.4 Å². The standard InChI is InChI=1S/C30H32BrN8O2P/c1-39-17-19(15-35-39)20-13-25(26(40-2)14-21(20)18-7-11-41-12-8-18)37-30-34-16-22(31)29(38-30)36-24-6-5-23-27(28(24)42(3)4)33-10-9-32-23/h5-6,9-10,13-18H,7-8,11-12H2,1-4H3,(H2,34,36,37,38). The van der Waals surface area contributed by atoms with E-state index in [0.29, 0.717) is 17.7 Å². The van der Waals surface area contributed by atoms with Gasteiger partial charge in [0.15, 0.2) is 0 Å². The summed E-state index contributed by atoms with van der Waals surface area (Å²) in [5, 5.41) is 12.5. The molecule has 2 N–H and O–H groups in total. The van der Waals surface area contributed by atoms with Crippen molar-refractivity contribution in [3.05, 3.63) is 65.3 Å². The average Bonchev–Trinajstić information content (AvgIpc) is 3.44. The van der Waals surface area contributed by atoms with Crippen LogP contribution in [0.25, 0.3) is 22.2 Å². The van der Waals surface area contributed by atoms with E-state index in [1.165, 1.54) is 5.56 Å². The van der Waals surface area contributed by atoms with Crippen molar-refractivity contribution in [1.82, 2.24) is 29.7 Å². The van der Waals surface area contributed by atoms with Gasteiger partial charge in [-0.25, -0.2) is 4.98 Å². The van der Waals surface area contributed by atoms with Crippen molar-refractivity contribution in [3.8, 4) is 16.9 Å². The normalized spacial score (nSPS) is 14.0. The summed E-state index contributed by atoms with van der Waals surface area (Å²) >= 11 is 3.63. The van der Waals surface area contributed by atoms with Crippen LogP contribution < -0.4 is 20.7 Å². The topological polar surface area (TPSA) is 112 Å². The van der Waals surface area contributed by atoms with Crippen molar-refractivity contribution in [2.24, 2.45) is 7.05 Å². The Kier molecular flexibility index (Phi) is 8.33. The molecule has 1 aliphatic heterocycles. The van der Waals surface area contributed by atoms with E-state index < -0.39 is 7.92 Å². The van der Waals surface area contributed by atoms with Gasteiger partial charge in [0, 0.05) is 61.6 Å². The number of hydrogen-bond acceptors (Lipinski definition) is 9. The van der Waals surface area contributed by atoms with Crippen LogP contribution in [0.1, 0.15) is 24.3 Å². The lowest BCUT2D eigenvalue weighted by Gasteiger charge is -2.26. The molecule has 1 aliphatic rings. The Bertz CT molecular complexity index is 1740. The number of methoxy groups -OCH3 is 1. The van der Waals surface area contributed by atoms with E-state index in [4.69, 9.17) is 14.5 Å². The summed E-state index contributed by atoms with van der Waals surface area (Å²) in [4.78, 5) is 18.5. The van der Waals surface area contributed by atoms with Crippen LogP contribution in [0.5, 0.6) is 5.75 Å². The second kappa shape index (κ2) is 12.3. The summed E-state index contributed by atoms with van der Waals surface area (Å²) in [6, 6.07) is 8.26. The molecule has 1 saturated heterocycles. The summed E-state index contributed by atoms with van der Waals surface area (Å²) < 4.78 is 14.1. The van der Waals surface area contributed by atoms with Gasteiger partial charge in [0.2, 0.25) is 5.95 Å². The summed E-state index contributed by atoms with van der Waals surface area (Å²) in [6.07, 6.45) is 11.1. The highest BCUT2D eigenvalue weighted by Crippen LogP contribution is 2.42. The molecular formula is C30H32BrN8O2P. The van der Waals surface area contributed by atoms with Gasteiger partial charge in [0.25, 0.3) is 0 Å². The number of nitrogens with one attached hydrogen (secondary N) is 2. The lowest BCUT2D eigenvalue weighted by Crippen LogP contribution is -2.15. The van der Waals surface area contributed by atoms with E-state index in [-0.39, 0.29) is 0 Å². The maximum atomic E-state index is 5.87. The molecule has 0 spiro atoms. The maximum absolute atomic E-state index is 5.87. The van der Waals surface area contributed by atoms with Gasteiger partial charge < -0.3 is 20.1 Å². The zero-order valence-electron chi connectivity index (χ0n) is 23.9. The minimum atomic E-state index is -0.480. The van der Waals surface area contributed by atoms with Gasteiger partial charge >= 0.3 is 0 Å². The lowest BCUT2D eigenvalue weighted by molar-refractivity contribution is 0.0854. The van der Waals surface area contributed by atoms with Crippen molar-refractivity contribution in [2.75, 3.05) is 44.3 Å². The summed E-state index contributed by atoms with van der Waals surface area (Å²) in [6.45, 7) is 5.93. The number of aryl methyl sites for hydroxylation is 1. The predicted octanol–water partition coefficient (Wildman–Crippen LogP) is 6.34. The molecule has 0 radical (unpaired) electrons. The summed E-state index contributed by atoms with van der Waals surface area (Å²) in [5.41, 5.74) is 6.88. The zero-order chi connectivity index (χ0) is 29.2. The largest absolute Gasteiger partial charge is 0.495 e. The monoisotopic (exact) mass is 646 g/mol. The zero-order valence-corrected chi connectivity index (χ0v) is 26.4. The Hall–Kier alpha value is -3.66. The minimum absolute atomic E-state index is 0.375. The number of fused-ring (bicyclic) bond motifs is 1. The summed E-state index contributed by atoms with van der Waals surface area (Å²) in [7, 11) is 3.14.